The Morgan fingerprint density at radius 3 is 2.18 bits per heavy atom. The Morgan fingerprint density at radius 1 is 0.929 bits per heavy atom. The number of carbonyl (C=O) groups is 3. The molecule has 0 aliphatic carbocycles. The average molecular weight is 401 g/mol. The van der Waals surface area contributed by atoms with Crippen LogP contribution in [0.2, 0.25) is 0 Å². The number of esters is 1. The summed E-state index contributed by atoms with van der Waals surface area (Å²) in [5.74, 6) is -0.409. The molecule has 0 heterocycles. The first-order valence-corrected chi connectivity index (χ1v) is 10.1. The van der Waals surface area contributed by atoms with Crippen molar-refractivity contribution >= 4 is 40.9 Å². The zero-order valence-electron chi connectivity index (χ0n) is 16.0. The van der Waals surface area contributed by atoms with Gasteiger partial charge in [0.05, 0.1) is 23.7 Å². The number of ether oxygens (including phenoxy) is 1. The number of benzene rings is 2. The van der Waals surface area contributed by atoms with Crippen molar-refractivity contribution in [3.63, 3.8) is 0 Å². The van der Waals surface area contributed by atoms with Crippen molar-refractivity contribution in [2.75, 3.05) is 28.7 Å². The Morgan fingerprint density at radius 2 is 1.57 bits per heavy atom. The number of anilines is 2. The molecular formula is C21H24N2O4S. The van der Waals surface area contributed by atoms with E-state index in [2.05, 4.69) is 10.6 Å². The Kier molecular flexibility index (Phi) is 8.55. The van der Waals surface area contributed by atoms with Gasteiger partial charge in [0.25, 0.3) is 0 Å². The first-order chi connectivity index (χ1) is 13.5. The topological polar surface area (TPSA) is 84.5 Å². The predicted molar refractivity (Wildman–Crippen MR) is 113 cm³/mol. The van der Waals surface area contributed by atoms with E-state index in [1.807, 2.05) is 38.1 Å². The number of rotatable bonds is 9. The van der Waals surface area contributed by atoms with Crippen LogP contribution in [0.4, 0.5) is 11.4 Å². The zero-order valence-corrected chi connectivity index (χ0v) is 16.8. The fourth-order valence-corrected chi connectivity index (χ4v) is 2.94. The molecule has 2 aromatic rings. The molecule has 0 saturated heterocycles. The SMILES string of the molecule is CCCOC(=O)c1ccc(NC(=O)CSCC(=O)Nc2cccc(C)c2)cc1. The smallest absolute Gasteiger partial charge is 0.338 e. The first-order valence-electron chi connectivity index (χ1n) is 8.99. The van der Waals surface area contributed by atoms with Gasteiger partial charge in [-0.15, -0.1) is 11.8 Å². The maximum Gasteiger partial charge on any atom is 0.338 e. The monoisotopic (exact) mass is 400 g/mol. The van der Waals surface area contributed by atoms with Gasteiger partial charge in [-0.1, -0.05) is 19.1 Å². The van der Waals surface area contributed by atoms with Gasteiger partial charge in [0.15, 0.2) is 0 Å². The molecule has 0 radical (unpaired) electrons. The summed E-state index contributed by atoms with van der Waals surface area (Å²) >= 11 is 1.23. The molecule has 0 bridgehead atoms. The Balaban J connectivity index is 1.72. The van der Waals surface area contributed by atoms with Crippen molar-refractivity contribution in [2.24, 2.45) is 0 Å². The number of amides is 2. The number of hydrogen-bond donors (Lipinski definition) is 2. The standard InChI is InChI=1S/C21H24N2O4S/c1-3-11-27-21(26)16-7-9-17(10-8-16)22-19(24)13-28-14-20(25)23-18-6-4-5-15(2)12-18/h4-10,12H,3,11,13-14H2,1-2H3,(H,22,24)(H,23,25). The molecule has 2 N–H and O–H groups in total. The van der Waals surface area contributed by atoms with Crippen LogP contribution in [0.5, 0.6) is 0 Å². The molecule has 2 rings (SSSR count). The van der Waals surface area contributed by atoms with Crippen LogP contribution in [0.25, 0.3) is 0 Å². The van der Waals surface area contributed by atoms with Crippen molar-refractivity contribution in [1.82, 2.24) is 0 Å². The average Bonchev–Trinajstić information content (AvgIpc) is 2.66. The highest BCUT2D eigenvalue weighted by Crippen LogP contribution is 2.13. The quantitative estimate of drug-likeness (QED) is 0.624. The fraction of sp³-hybridized carbons (Fsp3) is 0.286. The van der Waals surface area contributed by atoms with Crippen molar-refractivity contribution in [2.45, 2.75) is 20.3 Å². The molecule has 0 unspecified atom stereocenters. The largest absolute Gasteiger partial charge is 0.462 e. The fourth-order valence-electron chi connectivity index (χ4n) is 2.32. The summed E-state index contributed by atoms with van der Waals surface area (Å²) in [5, 5.41) is 5.54. The Hall–Kier alpha value is -2.80. The van der Waals surface area contributed by atoms with Crippen LogP contribution in [-0.2, 0) is 14.3 Å². The molecule has 28 heavy (non-hydrogen) atoms. The number of aryl methyl sites for hydroxylation is 1. The third-order valence-electron chi connectivity index (χ3n) is 3.61. The molecule has 7 heteroatoms. The van der Waals surface area contributed by atoms with Gasteiger partial charge in [-0.05, 0) is 55.3 Å². The second-order valence-electron chi connectivity index (χ2n) is 6.17. The van der Waals surface area contributed by atoms with Crippen molar-refractivity contribution in [3.8, 4) is 0 Å². The molecule has 0 aliphatic rings. The third kappa shape index (κ3) is 7.44. The van der Waals surface area contributed by atoms with Gasteiger partial charge in [0.1, 0.15) is 0 Å². The zero-order chi connectivity index (χ0) is 20.4. The lowest BCUT2D eigenvalue weighted by atomic mass is 10.2. The highest BCUT2D eigenvalue weighted by Gasteiger charge is 2.09. The Bertz CT molecular complexity index is 821. The second kappa shape index (κ2) is 11.1. The van der Waals surface area contributed by atoms with Gasteiger partial charge in [-0.25, -0.2) is 4.79 Å². The van der Waals surface area contributed by atoms with Crippen LogP contribution in [0.3, 0.4) is 0 Å². The van der Waals surface area contributed by atoms with Crippen LogP contribution < -0.4 is 10.6 Å². The van der Waals surface area contributed by atoms with E-state index in [1.54, 1.807) is 24.3 Å². The van der Waals surface area contributed by atoms with Gasteiger partial charge < -0.3 is 15.4 Å². The van der Waals surface area contributed by atoms with Crippen LogP contribution in [0.15, 0.2) is 48.5 Å². The maximum absolute atomic E-state index is 12.0. The first kappa shape index (κ1) is 21.5. The van der Waals surface area contributed by atoms with Gasteiger partial charge >= 0.3 is 5.97 Å². The van der Waals surface area contributed by atoms with E-state index in [4.69, 9.17) is 4.74 Å². The minimum absolute atomic E-state index is 0.154. The molecule has 2 amide bonds. The number of thioether (sulfide) groups is 1. The predicted octanol–water partition coefficient (Wildman–Crippen LogP) is 3.87. The van der Waals surface area contributed by atoms with Crippen molar-refractivity contribution < 1.29 is 19.1 Å². The maximum atomic E-state index is 12.0. The van der Waals surface area contributed by atoms with E-state index in [1.165, 1.54) is 11.8 Å². The third-order valence-corrected chi connectivity index (χ3v) is 4.54. The minimum atomic E-state index is -0.380. The van der Waals surface area contributed by atoms with Crippen LogP contribution in [-0.4, -0.2) is 35.9 Å². The van der Waals surface area contributed by atoms with E-state index in [0.29, 0.717) is 17.9 Å². The molecule has 6 nitrogen and oxygen atoms in total. The highest BCUT2D eigenvalue weighted by atomic mass is 32.2. The summed E-state index contributed by atoms with van der Waals surface area (Å²) in [7, 11) is 0. The molecular weight excluding hydrogens is 376 g/mol. The van der Waals surface area contributed by atoms with Gasteiger partial charge in [-0.3, -0.25) is 9.59 Å². The second-order valence-corrected chi connectivity index (χ2v) is 7.16. The number of carbonyl (C=O) groups excluding carboxylic acids is 3. The normalized spacial score (nSPS) is 10.2. The van der Waals surface area contributed by atoms with Crippen molar-refractivity contribution in [3.05, 3.63) is 59.7 Å². The van der Waals surface area contributed by atoms with Crippen LogP contribution in [0, 0.1) is 6.92 Å². The molecule has 0 aliphatic heterocycles. The summed E-state index contributed by atoms with van der Waals surface area (Å²) in [4.78, 5) is 35.7. The molecule has 2 aromatic carbocycles. The highest BCUT2D eigenvalue weighted by molar-refractivity contribution is 8.00. The van der Waals surface area contributed by atoms with E-state index >= 15 is 0 Å². The summed E-state index contributed by atoms with van der Waals surface area (Å²) in [6.07, 6.45) is 0.764. The summed E-state index contributed by atoms with van der Waals surface area (Å²) < 4.78 is 5.06. The minimum Gasteiger partial charge on any atom is -0.462 e. The molecule has 0 fully saturated rings. The molecule has 148 valence electrons. The van der Waals surface area contributed by atoms with Crippen LogP contribution >= 0.6 is 11.8 Å². The van der Waals surface area contributed by atoms with Crippen LogP contribution in [0.1, 0.15) is 29.3 Å². The van der Waals surface area contributed by atoms with E-state index in [9.17, 15) is 14.4 Å². The molecule has 0 atom stereocenters. The van der Waals surface area contributed by atoms with Gasteiger partial charge in [-0.2, -0.15) is 0 Å². The summed E-state index contributed by atoms with van der Waals surface area (Å²) in [6, 6.07) is 14.0. The molecule has 0 spiro atoms. The Labute approximate surface area is 169 Å². The summed E-state index contributed by atoms with van der Waals surface area (Å²) in [5.41, 5.74) is 2.83. The lowest BCUT2D eigenvalue weighted by Crippen LogP contribution is -2.18. The summed E-state index contributed by atoms with van der Waals surface area (Å²) in [6.45, 7) is 4.26. The number of nitrogens with one attached hydrogen (secondary N) is 2. The van der Waals surface area contributed by atoms with Gasteiger partial charge in [0.2, 0.25) is 11.8 Å². The lowest BCUT2D eigenvalue weighted by Gasteiger charge is -2.08. The lowest BCUT2D eigenvalue weighted by molar-refractivity contribution is -0.114. The van der Waals surface area contributed by atoms with E-state index < -0.39 is 0 Å². The van der Waals surface area contributed by atoms with E-state index in [0.717, 1.165) is 17.7 Å². The van der Waals surface area contributed by atoms with E-state index in [-0.39, 0.29) is 29.3 Å². The molecule has 0 aromatic heterocycles. The van der Waals surface area contributed by atoms with Gasteiger partial charge in [0, 0.05) is 11.4 Å². The number of hydrogen-bond acceptors (Lipinski definition) is 5. The molecule has 0 saturated carbocycles. The van der Waals surface area contributed by atoms with Crippen molar-refractivity contribution in [1.29, 1.82) is 0 Å².